The quantitative estimate of drug-likeness (QED) is 0.428. The van der Waals surface area contributed by atoms with Crippen LogP contribution >= 0.6 is 11.3 Å². The van der Waals surface area contributed by atoms with E-state index in [9.17, 15) is 9.59 Å². The van der Waals surface area contributed by atoms with E-state index < -0.39 is 6.04 Å². The van der Waals surface area contributed by atoms with Gasteiger partial charge < -0.3 is 15.2 Å². The fourth-order valence-corrected chi connectivity index (χ4v) is 4.31. The van der Waals surface area contributed by atoms with Gasteiger partial charge in [-0.1, -0.05) is 37.7 Å². The molecule has 0 saturated heterocycles. The Bertz CT molecular complexity index is 1200. The molecule has 0 spiro atoms. The maximum atomic E-state index is 13.0. The summed E-state index contributed by atoms with van der Waals surface area (Å²) in [6.45, 7) is 4.28. The molecule has 2 N–H and O–H groups in total. The number of thiazole rings is 1. The normalized spacial score (nSPS) is 12.9. The zero-order chi connectivity index (χ0) is 22.5. The highest BCUT2D eigenvalue weighted by atomic mass is 32.1. The molecule has 0 saturated carbocycles. The van der Waals surface area contributed by atoms with Crippen LogP contribution in [0.1, 0.15) is 36.3 Å². The molecule has 0 unspecified atom stereocenters. The van der Waals surface area contributed by atoms with Crippen LogP contribution in [0.5, 0.6) is 0 Å². The van der Waals surface area contributed by atoms with Gasteiger partial charge in [0.1, 0.15) is 6.04 Å². The first-order valence-corrected chi connectivity index (χ1v) is 11.4. The molecule has 7 nitrogen and oxygen atoms in total. The third-order valence-electron chi connectivity index (χ3n) is 5.42. The Morgan fingerprint density at radius 1 is 1.12 bits per heavy atom. The minimum atomic E-state index is -0.635. The molecular weight excluding hydrogens is 422 g/mol. The number of hydrogen-bond acceptors (Lipinski definition) is 5. The van der Waals surface area contributed by atoms with Gasteiger partial charge in [0.25, 0.3) is 5.91 Å². The van der Waals surface area contributed by atoms with Crippen molar-refractivity contribution in [2.45, 2.75) is 32.9 Å². The molecule has 2 amide bonds. The maximum Gasteiger partial charge on any atom is 0.251 e. The number of carbonyl (C=O) groups is 2. The molecule has 8 heteroatoms. The average molecular weight is 448 g/mol. The second-order valence-corrected chi connectivity index (χ2v) is 8.65. The van der Waals surface area contributed by atoms with Crippen LogP contribution in [0.3, 0.4) is 0 Å². The third kappa shape index (κ3) is 4.86. The number of fused-ring (bicyclic) bond motifs is 1. The minimum absolute atomic E-state index is 0.0184. The van der Waals surface area contributed by atoms with Crippen LogP contribution < -0.4 is 10.6 Å². The van der Waals surface area contributed by atoms with Gasteiger partial charge in [-0.05, 0) is 48.4 Å². The fourth-order valence-electron chi connectivity index (χ4n) is 3.34. The van der Waals surface area contributed by atoms with E-state index in [0.29, 0.717) is 12.1 Å². The molecule has 164 valence electrons. The summed E-state index contributed by atoms with van der Waals surface area (Å²) in [7, 11) is 0. The lowest BCUT2D eigenvalue weighted by atomic mass is 9.97. The van der Waals surface area contributed by atoms with Gasteiger partial charge in [0.2, 0.25) is 5.91 Å². The van der Waals surface area contributed by atoms with Gasteiger partial charge >= 0.3 is 0 Å². The predicted octanol–water partition coefficient (Wildman–Crippen LogP) is 3.94. The summed E-state index contributed by atoms with van der Waals surface area (Å²) in [5.74, 6) is -0.511. The standard InChI is InChI=1S/C24H25N5O2S/c1-3-16(2)21(23(31)26-15-18-8-4-5-11-25-18)28-22(30)17-9-10-19-20(14-17)32-24(27-19)29-12-6-7-13-29/h4-14,16,21H,3,15H2,1-2H3,(H,26,31)(H,28,30)/t16-,21-/m1/s1. The number of rotatable bonds is 8. The van der Waals surface area contributed by atoms with Crippen LogP contribution in [-0.4, -0.2) is 32.4 Å². The van der Waals surface area contributed by atoms with Gasteiger partial charge in [-0.2, -0.15) is 0 Å². The number of aromatic nitrogens is 3. The number of nitrogens with zero attached hydrogens (tertiary/aromatic N) is 3. The highest BCUT2D eigenvalue weighted by molar-refractivity contribution is 7.20. The largest absolute Gasteiger partial charge is 0.349 e. The lowest BCUT2D eigenvalue weighted by molar-refractivity contribution is -0.124. The van der Waals surface area contributed by atoms with Crippen molar-refractivity contribution in [2.75, 3.05) is 0 Å². The lowest BCUT2D eigenvalue weighted by Gasteiger charge is -2.23. The molecule has 4 rings (SSSR count). The summed E-state index contributed by atoms with van der Waals surface area (Å²) >= 11 is 1.51. The monoisotopic (exact) mass is 447 g/mol. The van der Waals surface area contributed by atoms with E-state index in [1.54, 1.807) is 12.3 Å². The summed E-state index contributed by atoms with van der Waals surface area (Å²) in [4.78, 5) is 34.7. The minimum Gasteiger partial charge on any atom is -0.349 e. The van der Waals surface area contributed by atoms with Gasteiger partial charge in [-0.15, -0.1) is 0 Å². The van der Waals surface area contributed by atoms with E-state index >= 15 is 0 Å². The summed E-state index contributed by atoms with van der Waals surface area (Å²) in [5, 5.41) is 6.66. The zero-order valence-corrected chi connectivity index (χ0v) is 18.8. The third-order valence-corrected chi connectivity index (χ3v) is 6.45. The second-order valence-electron chi connectivity index (χ2n) is 7.64. The number of hydrogen-bond donors (Lipinski definition) is 2. The van der Waals surface area contributed by atoms with Crippen LogP contribution in [0, 0.1) is 5.92 Å². The zero-order valence-electron chi connectivity index (χ0n) is 18.0. The van der Waals surface area contributed by atoms with Crippen molar-refractivity contribution < 1.29 is 9.59 Å². The van der Waals surface area contributed by atoms with Crippen molar-refractivity contribution in [1.29, 1.82) is 0 Å². The Morgan fingerprint density at radius 2 is 1.94 bits per heavy atom. The Morgan fingerprint density at radius 3 is 2.66 bits per heavy atom. The lowest BCUT2D eigenvalue weighted by Crippen LogP contribution is -2.50. The second kappa shape index (κ2) is 9.74. The molecule has 0 radical (unpaired) electrons. The number of carbonyl (C=O) groups excluding carboxylic acids is 2. The van der Waals surface area contributed by atoms with E-state index in [-0.39, 0.29) is 17.7 Å². The van der Waals surface area contributed by atoms with Crippen molar-refractivity contribution in [3.63, 3.8) is 0 Å². The Kier molecular flexibility index (Phi) is 6.61. The Hall–Kier alpha value is -3.52. The van der Waals surface area contributed by atoms with Crippen molar-refractivity contribution in [2.24, 2.45) is 5.92 Å². The predicted molar refractivity (Wildman–Crippen MR) is 126 cm³/mol. The van der Waals surface area contributed by atoms with E-state index in [1.807, 2.05) is 73.3 Å². The van der Waals surface area contributed by atoms with Crippen LogP contribution in [0.15, 0.2) is 67.1 Å². The summed E-state index contributed by atoms with van der Waals surface area (Å²) in [6, 6.07) is 14.2. The van der Waals surface area contributed by atoms with Crippen LogP contribution in [-0.2, 0) is 11.3 Å². The molecule has 0 fully saturated rings. The van der Waals surface area contributed by atoms with Gasteiger partial charge in [0, 0.05) is 24.2 Å². The Balaban J connectivity index is 1.48. The van der Waals surface area contributed by atoms with E-state index in [1.165, 1.54) is 11.3 Å². The molecule has 32 heavy (non-hydrogen) atoms. The van der Waals surface area contributed by atoms with E-state index in [4.69, 9.17) is 0 Å². The van der Waals surface area contributed by atoms with Crippen LogP contribution in [0.25, 0.3) is 15.3 Å². The fraction of sp³-hybridized carbons (Fsp3) is 0.250. The molecule has 2 atom stereocenters. The molecule has 1 aromatic carbocycles. The van der Waals surface area contributed by atoms with Gasteiger partial charge in [0.05, 0.1) is 22.5 Å². The van der Waals surface area contributed by atoms with Gasteiger partial charge in [0.15, 0.2) is 5.13 Å². The molecule has 0 aliphatic carbocycles. The van der Waals surface area contributed by atoms with Gasteiger partial charge in [-0.3, -0.25) is 14.6 Å². The number of amides is 2. The molecule has 3 heterocycles. The topological polar surface area (TPSA) is 88.9 Å². The highest BCUT2D eigenvalue weighted by Crippen LogP contribution is 2.26. The number of benzene rings is 1. The SMILES string of the molecule is CC[C@@H](C)[C@@H](NC(=O)c1ccc2nc(-n3cccc3)sc2c1)C(=O)NCc1ccccn1. The average Bonchev–Trinajstić information content (AvgIpc) is 3.50. The smallest absolute Gasteiger partial charge is 0.251 e. The number of pyridine rings is 1. The van der Waals surface area contributed by atoms with E-state index in [0.717, 1.165) is 27.5 Å². The molecule has 0 aliphatic rings. The molecule has 0 bridgehead atoms. The van der Waals surface area contributed by atoms with Crippen molar-refractivity contribution in [1.82, 2.24) is 25.2 Å². The van der Waals surface area contributed by atoms with Crippen molar-refractivity contribution in [3.8, 4) is 5.13 Å². The molecule has 3 aromatic heterocycles. The first-order chi connectivity index (χ1) is 15.5. The van der Waals surface area contributed by atoms with Crippen LogP contribution in [0.4, 0.5) is 0 Å². The maximum absolute atomic E-state index is 13.0. The molecule has 0 aliphatic heterocycles. The highest BCUT2D eigenvalue weighted by Gasteiger charge is 2.26. The van der Waals surface area contributed by atoms with Gasteiger partial charge in [-0.25, -0.2) is 4.98 Å². The van der Waals surface area contributed by atoms with E-state index in [2.05, 4.69) is 20.6 Å². The first-order valence-electron chi connectivity index (χ1n) is 10.6. The number of nitrogens with one attached hydrogen (secondary N) is 2. The first kappa shape index (κ1) is 21.7. The summed E-state index contributed by atoms with van der Waals surface area (Å²) in [5.41, 5.74) is 2.11. The summed E-state index contributed by atoms with van der Waals surface area (Å²) < 4.78 is 2.86. The molecule has 4 aromatic rings. The van der Waals surface area contributed by atoms with Crippen molar-refractivity contribution in [3.05, 3.63) is 78.4 Å². The molecular formula is C24H25N5O2S. The van der Waals surface area contributed by atoms with Crippen molar-refractivity contribution >= 4 is 33.4 Å². The van der Waals surface area contributed by atoms with Crippen LogP contribution in [0.2, 0.25) is 0 Å². The Labute approximate surface area is 190 Å². The summed E-state index contributed by atoms with van der Waals surface area (Å²) in [6.07, 6.45) is 6.32.